The minimum atomic E-state index is -1.53. The van der Waals surface area contributed by atoms with Crippen LogP contribution >= 0.6 is 0 Å². The lowest BCUT2D eigenvalue weighted by Gasteiger charge is -2.39. The Balaban J connectivity index is 2.22. The number of carbonyl (C=O) groups is 1. The first-order valence-corrected chi connectivity index (χ1v) is 24.3. The lowest BCUT2D eigenvalue weighted by Crippen LogP contribution is -2.59. The molecule has 0 amide bonds. The molecule has 57 heavy (non-hydrogen) atoms. The highest BCUT2D eigenvalue weighted by Crippen LogP contribution is 2.23. The van der Waals surface area contributed by atoms with E-state index in [-0.39, 0.29) is 19.2 Å². The highest BCUT2D eigenvalue weighted by Gasteiger charge is 2.44. The highest BCUT2D eigenvalue weighted by molar-refractivity contribution is 5.69. The number of hydrogen-bond donors (Lipinski definition) is 4. The number of aliphatic hydroxyl groups excluding tert-OH is 4. The van der Waals surface area contributed by atoms with Crippen molar-refractivity contribution in [1.29, 1.82) is 0 Å². The van der Waals surface area contributed by atoms with Crippen molar-refractivity contribution < 1.29 is 44.2 Å². The number of carbonyl (C=O) groups excluding carboxylic acids is 1. The first-order valence-electron chi connectivity index (χ1n) is 24.3. The molecule has 0 bridgehead atoms. The van der Waals surface area contributed by atoms with E-state index in [0.717, 1.165) is 32.1 Å². The number of rotatable bonds is 42. The molecule has 338 valence electrons. The zero-order valence-electron chi connectivity index (χ0n) is 37.1. The van der Waals surface area contributed by atoms with Crippen molar-refractivity contribution >= 4 is 5.97 Å². The van der Waals surface area contributed by atoms with Gasteiger partial charge in [0.2, 0.25) is 0 Å². The van der Waals surface area contributed by atoms with Crippen LogP contribution in [0.3, 0.4) is 0 Å². The van der Waals surface area contributed by atoms with E-state index >= 15 is 0 Å². The molecule has 0 aromatic heterocycles. The van der Waals surface area contributed by atoms with E-state index in [1.165, 1.54) is 173 Å². The molecule has 1 heterocycles. The fourth-order valence-electron chi connectivity index (χ4n) is 7.61. The molecule has 1 aliphatic rings. The molecule has 6 atom stereocenters. The van der Waals surface area contributed by atoms with Crippen molar-refractivity contribution in [2.24, 2.45) is 0 Å². The van der Waals surface area contributed by atoms with Gasteiger partial charge in [0.15, 0.2) is 6.29 Å². The summed E-state index contributed by atoms with van der Waals surface area (Å²) in [5.74, 6) is -0.310. The third-order valence-corrected chi connectivity index (χ3v) is 11.4. The smallest absolute Gasteiger partial charge is 0.306 e. The maximum Gasteiger partial charge on any atom is 0.306 e. The lowest BCUT2D eigenvalue weighted by molar-refractivity contribution is -0.305. The Morgan fingerprint density at radius 1 is 0.544 bits per heavy atom. The molecule has 0 aliphatic carbocycles. The van der Waals surface area contributed by atoms with Crippen LogP contribution in [0.1, 0.15) is 226 Å². The van der Waals surface area contributed by atoms with Crippen molar-refractivity contribution in [3.63, 3.8) is 0 Å². The van der Waals surface area contributed by atoms with Crippen LogP contribution < -0.4 is 0 Å². The van der Waals surface area contributed by atoms with Gasteiger partial charge < -0.3 is 39.4 Å². The fourth-order valence-corrected chi connectivity index (χ4v) is 7.61. The number of aliphatic hydroxyl groups is 4. The lowest BCUT2D eigenvalue weighted by atomic mass is 9.99. The van der Waals surface area contributed by atoms with Crippen LogP contribution in [0.4, 0.5) is 0 Å². The minimum absolute atomic E-state index is 0.110. The van der Waals surface area contributed by atoms with Gasteiger partial charge in [-0.1, -0.05) is 193 Å². The van der Waals surface area contributed by atoms with Gasteiger partial charge in [0.1, 0.15) is 30.5 Å². The summed E-state index contributed by atoms with van der Waals surface area (Å²) in [6.45, 7) is 4.58. The van der Waals surface area contributed by atoms with E-state index in [0.29, 0.717) is 13.0 Å². The van der Waals surface area contributed by atoms with Gasteiger partial charge in [-0.25, -0.2) is 0 Å². The number of ether oxygens (including phenoxy) is 4. The molecule has 1 rings (SSSR count). The molecule has 9 nitrogen and oxygen atoms in total. The summed E-state index contributed by atoms with van der Waals surface area (Å²) in [4.78, 5) is 12.8. The number of unbranched alkanes of at least 4 members (excludes halogenated alkanes) is 29. The molecule has 0 spiro atoms. The predicted octanol–water partition coefficient (Wildman–Crippen LogP) is 11.2. The first-order chi connectivity index (χ1) is 27.9. The van der Waals surface area contributed by atoms with Crippen molar-refractivity contribution in [1.82, 2.24) is 0 Å². The normalized spacial score (nSPS) is 20.4. The summed E-state index contributed by atoms with van der Waals surface area (Å²) in [6.07, 6.45) is 38.1. The van der Waals surface area contributed by atoms with Gasteiger partial charge >= 0.3 is 5.97 Å². The summed E-state index contributed by atoms with van der Waals surface area (Å²) in [5.41, 5.74) is 0. The first kappa shape index (κ1) is 53.9. The average molecular weight is 813 g/mol. The zero-order chi connectivity index (χ0) is 41.4. The second kappa shape index (κ2) is 40.3. The van der Waals surface area contributed by atoms with Crippen molar-refractivity contribution in [2.45, 2.75) is 263 Å². The third kappa shape index (κ3) is 31.5. The molecule has 1 aliphatic heterocycles. The van der Waals surface area contributed by atoms with Crippen LogP contribution in [0.25, 0.3) is 0 Å². The summed E-state index contributed by atoms with van der Waals surface area (Å²) in [7, 11) is 0. The van der Waals surface area contributed by atoms with Gasteiger partial charge in [-0.05, 0) is 38.5 Å². The van der Waals surface area contributed by atoms with E-state index in [1.807, 2.05) is 0 Å². The summed E-state index contributed by atoms with van der Waals surface area (Å²) >= 11 is 0. The molecule has 0 radical (unpaired) electrons. The van der Waals surface area contributed by atoms with Crippen LogP contribution in [-0.2, 0) is 23.7 Å². The van der Waals surface area contributed by atoms with Crippen molar-refractivity contribution in [2.75, 3.05) is 26.4 Å². The van der Waals surface area contributed by atoms with Gasteiger partial charge in [-0.2, -0.15) is 0 Å². The molecule has 0 saturated carbocycles. The fraction of sp³-hybridized carbons (Fsp3) is 0.938. The van der Waals surface area contributed by atoms with E-state index in [4.69, 9.17) is 18.9 Å². The predicted molar refractivity (Wildman–Crippen MR) is 233 cm³/mol. The summed E-state index contributed by atoms with van der Waals surface area (Å²) in [6, 6.07) is 0. The van der Waals surface area contributed by atoms with Crippen LogP contribution in [0.5, 0.6) is 0 Å². The molecule has 4 N–H and O–H groups in total. The Labute approximate surface area is 350 Å². The zero-order valence-corrected chi connectivity index (χ0v) is 37.1. The minimum Gasteiger partial charge on any atom is -0.457 e. The van der Waals surface area contributed by atoms with Crippen LogP contribution in [0.2, 0.25) is 0 Å². The Morgan fingerprint density at radius 3 is 1.42 bits per heavy atom. The van der Waals surface area contributed by atoms with Crippen LogP contribution in [0, 0.1) is 0 Å². The van der Waals surface area contributed by atoms with E-state index in [9.17, 15) is 25.2 Å². The van der Waals surface area contributed by atoms with Crippen LogP contribution in [0.15, 0.2) is 12.2 Å². The van der Waals surface area contributed by atoms with Gasteiger partial charge in [0.25, 0.3) is 0 Å². The van der Waals surface area contributed by atoms with Crippen molar-refractivity contribution in [3.8, 4) is 0 Å². The monoisotopic (exact) mass is 813 g/mol. The standard InChI is InChI=1S/C48H92O9/c1-3-5-7-9-11-13-15-17-19-21-22-23-25-27-29-31-33-35-37-44(50)56-42(41-55-48-47(53)46(52)45(51)43(39-49)57-48)40-54-38-36-34-32-30-28-26-24-20-18-16-14-12-10-8-6-4-2/h18,20,42-43,45-49,51-53H,3-17,19,21-41H2,1-2H3/b20-18-. The quantitative estimate of drug-likeness (QED) is 0.0270. The second-order valence-corrected chi connectivity index (χ2v) is 16.9. The van der Waals surface area contributed by atoms with E-state index < -0.39 is 43.4 Å². The van der Waals surface area contributed by atoms with Gasteiger partial charge in [0.05, 0.1) is 19.8 Å². The maximum atomic E-state index is 12.8. The molecular weight excluding hydrogens is 721 g/mol. The number of allylic oxidation sites excluding steroid dienone is 2. The van der Waals surface area contributed by atoms with Crippen molar-refractivity contribution in [3.05, 3.63) is 12.2 Å². The number of hydrogen-bond acceptors (Lipinski definition) is 9. The molecule has 0 aromatic carbocycles. The largest absolute Gasteiger partial charge is 0.457 e. The Kier molecular flexibility index (Phi) is 38.2. The third-order valence-electron chi connectivity index (χ3n) is 11.4. The molecule has 0 aromatic rings. The molecule has 1 saturated heterocycles. The Bertz CT molecular complexity index is 884. The van der Waals surface area contributed by atoms with Gasteiger partial charge in [0, 0.05) is 13.0 Å². The van der Waals surface area contributed by atoms with E-state index in [1.54, 1.807) is 0 Å². The highest BCUT2D eigenvalue weighted by atomic mass is 16.7. The summed E-state index contributed by atoms with van der Waals surface area (Å²) in [5, 5.41) is 40.2. The van der Waals surface area contributed by atoms with Crippen LogP contribution in [-0.4, -0.2) is 89.6 Å². The SMILES string of the molecule is CCCCCCCC/C=C\CCCCCCCCOCC(COC1OC(CO)C(O)C(O)C1O)OC(=O)CCCCCCCCCCCCCCCCCCCC. The van der Waals surface area contributed by atoms with E-state index in [2.05, 4.69) is 26.0 Å². The molecule has 9 heteroatoms. The Morgan fingerprint density at radius 2 is 0.965 bits per heavy atom. The maximum absolute atomic E-state index is 12.8. The Hall–Kier alpha value is -1.07. The van der Waals surface area contributed by atoms with Gasteiger partial charge in [-0.15, -0.1) is 0 Å². The second-order valence-electron chi connectivity index (χ2n) is 16.9. The molecule has 6 unspecified atom stereocenters. The number of esters is 1. The topological polar surface area (TPSA) is 135 Å². The molecule has 1 fully saturated rings. The average Bonchev–Trinajstić information content (AvgIpc) is 3.21. The summed E-state index contributed by atoms with van der Waals surface area (Å²) < 4.78 is 22.9. The molecular formula is C48H92O9. The van der Waals surface area contributed by atoms with Gasteiger partial charge in [-0.3, -0.25) is 4.79 Å².